The predicted octanol–water partition coefficient (Wildman–Crippen LogP) is 4.75. The monoisotopic (exact) mass is 491 g/mol. The maximum absolute atomic E-state index is 12.7. The number of rotatable bonds is 7. The average Bonchev–Trinajstić information content (AvgIpc) is 2.83. The second-order valence-electron chi connectivity index (χ2n) is 7.89. The van der Waals surface area contributed by atoms with Crippen molar-refractivity contribution in [3.63, 3.8) is 0 Å². The lowest BCUT2D eigenvalue weighted by Gasteiger charge is -2.15. The van der Waals surface area contributed by atoms with Crippen molar-refractivity contribution in [3.8, 4) is 5.75 Å². The highest BCUT2D eigenvalue weighted by atomic mass is 32.2. The number of nitro groups is 1. The van der Waals surface area contributed by atoms with E-state index in [-0.39, 0.29) is 22.5 Å². The van der Waals surface area contributed by atoms with E-state index >= 15 is 0 Å². The Morgan fingerprint density at radius 3 is 2.31 bits per heavy atom. The zero-order chi connectivity index (χ0) is 25.2. The smallest absolute Gasteiger partial charge is 0.312 e. The summed E-state index contributed by atoms with van der Waals surface area (Å²) in [5.74, 6) is -0.962. The van der Waals surface area contributed by atoms with Crippen molar-refractivity contribution in [2.45, 2.75) is 17.9 Å². The second kappa shape index (κ2) is 9.43. The van der Waals surface area contributed by atoms with Crippen molar-refractivity contribution in [2.75, 3.05) is 4.72 Å². The lowest BCUT2D eigenvalue weighted by molar-refractivity contribution is -0.386. The molecule has 0 heterocycles. The van der Waals surface area contributed by atoms with Gasteiger partial charge in [-0.3, -0.25) is 19.6 Å². The molecular weight excluding hydrogens is 470 g/mol. The van der Waals surface area contributed by atoms with Gasteiger partial charge in [0.15, 0.2) is 5.75 Å². The highest BCUT2D eigenvalue weighted by Crippen LogP contribution is 2.29. The molecule has 178 valence electrons. The van der Waals surface area contributed by atoms with Crippen LogP contribution < -0.4 is 10.0 Å². The van der Waals surface area contributed by atoms with Crippen LogP contribution in [-0.2, 0) is 10.0 Å². The molecule has 4 aromatic carbocycles. The van der Waals surface area contributed by atoms with Crippen molar-refractivity contribution < 1.29 is 23.2 Å². The minimum absolute atomic E-state index is 0.167. The molecule has 9 nitrogen and oxygen atoms in total. The number of fused-ring (bicyclic) bond motifs is 1. The lowest BCUT2D eigenvalue weighted by Crippen LogP contribution is -2.26. The third-order valence-electron chi connectivity index (χ3n) is 5.47. The number of hydrogen-bond acceptors (Lipinski definition) is 6. The van der Waals surface area contributed by atoms with E-state index in [0.29, 0.717) is 5.56 Å². The van der Waals surface area contributed by atoms with Gasteiger partial charge in [-0.05, 0) is 65.7 Å². The van der Waals surface area contributed by atoms with Gasteiger partial charge < -0.3 is 10.4 Å². The Morgan fingerprint density at radius 1 is 0.943 bits per heavy atom. The van der Waals surface area contributed by atoms with Gasteiger partial charge in [0.05, 0.1) is 15.9 Å². The third kappa shape index (κ3) is 5.22. The van der Waals surface area contributed by atoms with Crippen molar-refractivity contribution >= 4 is 38.1 Å². The number of anilines is 1. The number of amides is 1. The normalized spacial score (nSPS) is 12.1. The first-order valence-electron chi connectivity index (χ1n) is 10.5. The zero-order valence-corrected chi connectivity index (χ0v) is 19.3. The van der Waals surface area contributed by atoms with Crippen LogP contribution in [0.1, 0.15) is 28.9 Å². The van der Waals surface area contributed by atoms with E-state index in [9.17, 15) is 28.4 Å². The first kappa shape index (κ1) is 23.7. The van der Waals surface area contributed by atoms with Crippen LogP contribution in [0.25, 0.3) is 10.8 Å². The first-order valence-corrected chi connectivity index (χ1v) is 12.0. The van der Waals surface area contributed by atoms with E-state index in [1.807, 2.05) is 49.4 Å². The molecule has 0 bridgehead atoms. The molecule has 1 amide bonds. The zero-order valence-electron chi connectivity index (χ0n) is 18.5. The van der Waals surface area contributed by atoms with Crippen LogP contribution in [0, 0.1) is 10.1 Å². The maximum atomic E-state index is 12.7. The van der Waals surface area contributed by atoms with E-state index in [2.05, 4.69) is 10.0 Å². The largest absolute Gasteiger partial charge is 0.502 e. The molecular formula is C25H21N3O6S. The third-order valence-corrected chi connectivity index (χ3v) is 6.85. The van der Waals surface area contributed by atoms with Crippen LogP contribution in [0.2, 0.25) is 0 Å². The molecule has 4 aromatic rings. The Balaban J connectivity index is 1.45. The Kier molecular flexibility index (Phi) is 6.39. The molecule has 0 aliphatic heterocycles. The van der Waals surface area contributed by atoms with Gasteiger partial charge >= 0.3 is 5.69 Å². The molecule has 0 aliphatic carbocycles. The summed E-state index contributed by atoms with van der Waals surface area (Å²) < 4.78 is 27.5. The molecule has 4 rings (SSSR count). The number of nitrogens with one attached hydrogen (secondary N) is 2. The van der Waals surface area contributed by atoms with Crippen LogP contribution in [0.5, 0.6) is 5.75 Å². The number of phenolic OH excluding ortho intramolecular Hbond substituents is 1. The fourth-order valence-corrected chi connectivity index (χ4v) is 4.64. The Labute approximate surface area is 201 Å². The number of hydrogen-bond donors (Lipinski definition) is 3. The van der Waals surface area contributed by atoms with Crippen LogP contribution >= 0.6 is 0 Å². The highest BCUT2D eigenvalue weighted by molar-refractivity contribution is 7.92. The molecule has 0 saturated heterocycles. The number of sulfonamides is 1. The summed E-state index contributed by atoms with van der Waals surface area (Å²) in [5, 5.41) is 25.6. The number of carbonyl (C=O) groups excluding carboxylic acids is 1. The number of carbonyl (C=O) groups is 1. The molecule has 0 aliphatic rings. The minimum Gasteiger partial charge on any atom is -0.502 e. The number of aromatic hydroxyl groups is 1. The van der Waals surface area contributed by atoms with Crippen molar-refractivity contribution in [3.05, 3.63) is 106 Å². The van der Waals surface area contributed by atoms with Crippen molar-refractivity contribution in [2.24, 2.45) is 0 Å². The maximum Gasteiger partial charge on any atom is 0.312 e. The van der Waals surface area contributed by atoms with Gasteiger partial charge in [-0.1, -0.05) is 36.4 Å². The number of benzene rings is 4. The highest BCUT2D eigenvalue weighted by Gasteiger charge is 2.21. The number of nitro benzene ring substituents is 1. The predicted molar refractivity (Wildman–Crippen MR) is 132 cm³/mol. The summed E-state index contributed by atoms with van der Waals surface area (Å²) >= 11 is 0. The SMILES string of the molecule is CC(NC(=O)c1ccc(NS(=O)(=O)c2ccc(O)c([N+](=O)[O-])c2)cc1)c1ccc2ccccc2c1. The number of nitrogens with zero attached hydrogens (tertiary/aromatic N) is 1. The molecule has 3 N–H and O–H groups in total. The van der Waals surface area contributed by atoms with Gasteiger partial charge in [-0.2, -0.15) is 0 Å². The van der Waals surface area contributed by atoms with Gasteiger partial charge in [0.25, 0.3) is 15.9 Å². The molecule has 1 atom stereocenters. The summed E-state index contributed by atoms with van der Waals surface area (Å²) in [6.45, 7) is 1.88. The summed E-state index contributed by atoms with van der Waals surface area (Å²) in [6, 6.07) is 22.2. The van der Waals surface area contributed by atoms with E-state index < -0.39 is 26.4 Å². The van der Waals surface area contributed by atoms with Gasteiger partial charge in [0.1, 0.15) is 0 Å². The molecule has 35 heavy (non-hydrogen) atoms. The van der Waals surface area contributed by atoms with Gasteiger partial charge in [-0.25, -0.2) is 8.42 Å². The van der Waals surface area contributed by atoms with Crippen LogP contribution in [0.4, 0.5) is 11.4 Å². The molecule has 0 spiro atoms. The topological polar surface area (TPSA) is 139 Å². The van der Waals surface area contributed by atoms with Crippen LogP contribution in [-0.4, -0.2) is 24.4 Å². The first-order chi connectivity index (χ1) is 16.6. The van der Waals surface area contributed by atoms with Gasteiger partial charge in [-0.15, -0.1) is 0 Å². The fourth-order valence-electron chi connectivity index (χ4n) is 3.56. The molecule has 1 unspecified atom stereocenters. The standard InChI is InChI=1S/C25H21N3O6S/c1-16(19-7-6-17-4-2-3-5-20(17)14-19)26-25(30)18-8-10-21(11-9-18)27-35(33,34)22-12-13-24(29)23(15-22)28(31)32/h2-16,27,29H,1H3,(H,26,30). The molecule has 0 radical (unpaired) electrons. The summed E-state index contributed by atoms with van der Waals surface area (Å²) in [7, 11) is -4.16. The lowest BCUT2D eigenvalue weighted by atomic mass is 10.0. The number of phenols is 1. The van der Waals surface area contributed by atoms with Gasteiger partial charge in [0, 0.05) is 17.3 Å². The molecule has 10 heteroatoms. The Bertz CT molecular complexity index is 1530. The van der Waals surface area contributed by atoms with E-state index in [1.165, 1.54) is 24.3 Å². The second-order valence-corrected chi connectivity index (χ2v) is 9.57. The summed E-state index contributed by atoms with van der Waals surface area (Å²) in [4.78, 5) is 22.4. The quantitative estimate of drug-likeness (QED) is 0.252. The fraction of sp³-hybridized carbons (Fsp3) is 0.0800. The Hall–Kier alpha value is -4.44. The summed E-state index contributed by atoms with van der Waals surface area (Å²) in [6.07, 6.45) is 0. The Morgan fingerprint density at radius 2 is 1.63 bits per heavy atom. The van der Waals surface area contributed by atoms with E-state index in [0.717, 1.165) is 34.5 Å². The summed E-state index contributed by atoms with van der Waals surface area (Å²) in [5.41, 5.74) is 0.727. The van der Waals surface area contributed by atoms with E-state index in [1.54, 1.807) is 0 Å². The molecule has 0 aromatic heterocycles. The average molecular weight is 492 g/mol. The van der Waals surface area contributed by atoms with Crippen LogP contribution in [0.15, 0.2) is 89.8 Å². The minimum atomic E-state index is -4.16. The van der Waals surface area contributed by atoms with Gasteiger partial charge in [0.2, 0.25) is 0 Å². The van der Waals surface area contributed by atoms with Crippen molar-refractivity contribution in [1.82, 2.24) is 5.32 Å². The molecule has 0 saturated carbocycles. The van der Waals surface area contributed by atoms with Crippen LogP contribution in [0.3, 0.4) is 0 Å². The van der Waals surface area contributed by atoms with E-state index in [4.69, 9.17) is 0 Å². The van der Waals surface area contributed by atoms with Crippen molar-refractivity contribution in [1.29, 1.82) is 0 Å². The molecule has 0 fully saturated rings.